The van der Waals surface area contributed by atoms with E-state index >= 15 is 0 Å². The van der Waals surface area contributed by atoms with Gasteiger partial charge in [0.15, 0.2) is 0 Å². The molecule has 0 bridgehead atoms. The Bertz CT molecular complexity index is 1370. The quantitative estimate of drug-likeness (QED) is 0.223. The minimum Gasteiger partial charge on any atom is -0.497 e. The van der Waals surface area contributed by atoms with E-state index < -0.39 is 0 Å². The van der Waals surface area contributed by atoms with E-state index in [9.17, 15) is 4.79 Å². The predicted octanol–water partition coefficient (Wildman–Crippen LogP) is 5.75. The van der Waals surface area contributed by atoms with E-state index in [-0.39, 0.29) is 6.03 Å². The lowest BCUT2D eigenvalue weighted by molar-refractivity contribution is 0.222. The lowest BCUT2D eigenvalue weighted by Gasteiger charge is -2.16. The van der Waals surface area contributed by atoms with E-state index in [4.69, 9.17) is 4.74 Å². The number of ether oxygens (including phenoxy) is 1. The van der Waals surface area contributed by atoms with Crippen LogP contribution in [-0.4, -0.2) is 52.6 Å². The number of urea groups is 1. The van der Waals surface area contributed by atoms with Crippen LogP contribution in [0.5, 0.6) is 5.75 Å². The highest BCUT2D eigenvalue weighted by atomic mass is 79.9. The lowest BCUT2D eigenvalue weighted by atomic mass is 10.1. The highest BCUT2D eigenvalue weighted by Crippen LogP contribution is 2.26. The number of aromatic amines is 1. The van der Waals surface area contributed by atoms with E-state index in [0.717, 1.165) is 59.5 Å². The van der Waals surface area contributed by atoms with Crippen molar-refractivity contribution in [1.82, 2.24) is 19.9 Å². The second kappa shape index (κ2) is 10.9. The molecule has 1 aliphatic heterocycles. The molecule has 0 radical (unpaired) electrons. The summed E-state index contributed by atoms with van der Waals surface area (Å²) in [5.41, 5.74) is 3.79. The lowest BCUT2D eigenvalue weighted by Crippen LogP contribution is -2.32. The molecule has 2 aromatic heterocycles. The zero-order valence-corrected chi connectivity index (χ0v) is 21.6. The number of carbonyl (C=O) groups is 1. The smallest absolute Gasteiger partial charge is 0.321 e. The van der Waals surface area contributed by atoms with Gasteiger partial charge in [0.1, 0.15) is 11.6 Å². The Kier molecular flexibility index (Phi) is 7.22. The maximum Gasteiger partial charge on any atom is 0.321 e. The number of likely N-dealkylation sites (tertiary alicyclic amines) is 1. The van der Waals surface area contributed by atoms with Crippen molar-refractivity contribution in [1.29, 1.82) is 0 Å². The van der Waals surface area contributed by atoms with Gasteiger partial charge in [-0.25, -0.2) is 9.78 Å². The van der Waals surface area contributed by atoms with Crippen molar-refractivity contribution in [3.05, 3.63) is 64.9 Å². The van der Waals surface area contributed by atoms with Crippen LogP contribution in [0.15, 0.2) is 59.3 Å². The van der Waals surface area contributed by atoms with Crippen LogP contribution in [0.4, 0.5) is 27.9 Å². The fraction of sp³-hybridized carbons (Fsp3) is 0.269. The number of rotatable bonds is 8. The molecule has 5 rings (SSSR count). The van der Waals surface area contributed by atoms with Crippen molar-refractivity contribution in [2.75, 3.05) is 42.7 Å². The summed E-state index contributed by atoms with van der Waals surface area (Å²) in [6, 6.07) is 13.5. The van der Waals surface area contributed by atoms with Crippen LogP contribution in [0.3, 0.4) is 0 Å². The molecule has 0 aliphatic carbocycles. The number of methoxy groups -OCH3 is 1. The summed E-state index contributed by atoms with van der Waals surface area (Å²) in [7, 11) is 1.67. The first-order valence-corrected chi connectivity index (χ1v) is 12.7. The van der Waals surface area contributed by atoms with E-state index in [0.29, 0.717) is 18.3 Å². The Hall–Kier alpha value is -3.79. The molecule has 0 saturated carbocycles. The molecule has 2 aromatic carbocycles. The molecule has 10 heteroatoms. The van der Waals surface area contributed by atoms with Gasteiger partial charge in [-0.15, -0.1) is 0 Å². The third kappa shape index (κ3) is 5.54. The van der Waals surface area contributed by atoms with Crippen LogP contribution in [-0.2, 0) is 6.42 Å². The zero-order chi connectivity index (χ0) is 24.9. The van der Waals surface area contributed by atoms with Crippen LogP contribution in [0.1, 0.15) is 18.4 Å². The van der Waals surface area contributed by atoms with Gasteiger partial charge in [-0.3, -0.25) is 0 Å². The Labute approximate surface area is 217 Å². The van der Waals surface area contributed by atoms with Gasteiger partial charge in [-0.1, -0.05) is 6.07 Å². The first-order chi connectivity index (χ1) is 17.6. The molecule has 2 amide bonds. The Morgan fingerprint density at radius 2 is 2.00 bits per heavy atom. The van der Waals surface area contributed by atoms with Gasteiger partial charge >= 0.3 is 6.03 Å². The molecule has 1 saturated heterocycles. The van der Waals surface area contributed by atoms with Gasteiger partial charge in [0.2, 0.25) is 5.95 Å². The fourth-order valence-electron chi connectivity index (χ4n) is 4.29. The van der Waals surface area contributed by atoms with Gasteiger partial charge in [0.05, 0.1) is 11.6 Å². The molecule has 3 heterocycles. The highest BCUT2D eigenvalue weighted by Gasteiger charge is 2.17. The maximum atomic E-state index is 12.4. The second-order valence-corrected chi connectivity index (χ2v) is 9.48. The van der Waals surface area contributed by atoms with E-state index in [1.807, 2.05) is 47.5 Å². The van der Waals surface area contributed by atoms with Gasteiger partial charge in [0.25, 0.3) is 0 Å². The summed E-state index contributed by atoms with van der Waals surface area (Å²) in [6.07, 6.45) is 6.69. The number of carbonyl (C=O) groups excluding carboxylic acids is 1. The third-order valence-corrected chi connectivity index (χ3v) is 6.75. The number of benzene rings is 2. The molecular formula is C26H28BrN7O2. The molecule has 186 valence electrons. The maximum absolute atomic E-state index is 12.4. The average molecular weight is 550 g/mol. The van der Waals surface area contributed by atoms with E-state index in [1.54, 1.807) is 13.3 Å². The molecule has 36 heavy (non-hydrogen) atoms. The summed E-state index contributed by atoms with van der Waals surface area (Å²) in [5, 5.41) is 10.8. The summed E-state index contributed by atoms with van der Waals surface area (Å²) in [6.45, 7) is 2.31. The first kappa shape index (κ1) is 23.9. The standard InChI is InChI=1S/C26H28BrN7O2/c1-36-20-7-8-21-17(15-29-23(21)14-20)9-10-28-24-22(27)16-30-25(33-24)31-18-5-4-6-19(13-18)32-26(35)34-11-2-3-12-34/h4-8,13-16,29H,2-3,9-12H2,1H3,(H,32,35)(H2,28,30,31,33). The number of nitrogens with one attached hydrogen (secondary N) is 4. The van der Waals surface area contributed by atoms with Crippen LogP contribution in [0, 0.1) is 0 Å². The Morgan fingerprint density at radius 1 is 1.17 bits per heavy atom. The van der Waals surface area contributed by atoms with E-state index in [1.165, 1.54) is 10.9 Å². The van der Waals surface area contributed by atoms with Crippen molar-refractivity contribution in [2.24, 2.45) is 0 Å². The minimum atomic E-state index is -0.0645. The molecule has 1 fully saturated rings. The SMILES string of the molecule is COc1ccc2c(CCNc3nc(Nc4cccc(NC(=O)N5CCCC5)c4)ncc3Br)c[nH]c2c1. The largest absolute Gasteiger partial charge is 0.497 e. The van der Waals surface area contributed by atoms with Crippen LogP contribution < -0.4 is 20.7 Å². The predicted molar refractivity (Wildman–Crippen MR) is 146 cm³/mol. The third-order valence-electron chi connectivity index (χ3n) is 6.17. The Morgan fingerprint density at radius 3 is 2.83 bits per heavy atom. The number of amides is 2. The summed E-state index contributed by atoms with van der Waals surface area (Å²) in [5.74, 6) is 1.99. The second-order valence-electron chi connectivity index (χ2n) is 8.62. The number of nitrogens with zero attached hydrogens (tertiary/aromatic N) is 3. The van der Waals surface area contributed by atoms with Gasteiger partial charge < -0.3 is 30.6 Å². The molecule has 4 aromatic rings. The first-order valence-electron chi connectivity index (χ1n) is 11.9. The topological polar surface area (TPSA) is 107 Å². The number of hydrogen-bond acceptors (Lipinski definition) is 6. The molecule has 0 spiro atoms. The van der Waals surface area contributed by atoms with Gasteiger partial charge in [-0.2, -0.15) is 4.98 Å². The summed E-state index contributed by atoms with van der Waals surface area (Å²) in [4.78, 5) is 26.6. The number of hydrogen-bond donors (Lipinski definition) is 4. The van der Waals surface area contributed by atoms with Crippen LogP contribution in [0.2, 0.25) is 0 Å². The number of fused-ring (bicyclic) bond motifs is 1. The molecular weight excluding hydrogens is 522 g/mol. The number of aromatic nitrogens is 3. The Balaban J connectivity index is 1.21. The van der Waals surface area contributed by atoms with Crippen molar-refractivity contribution in [3.8, 4) is 5.75 Å². The van der Waals surface area contributed by atoms with Crippen LogP contribution >= 0.6 is 15.9 Å². The monoisotopic (exact) mass is 549 g/mol. The normalized spacial score (nSPS) is 13.1. The van der Waals surface area contributed by atoms with Crippen molar-refractivity contribution in [3.63, 3.8) is 0 Å². The van der Waals surface area contributed by atoms with Crippen LogP contribution in [0.25, 0.3) is 10.9 Å². The van der Waals surface area contributed by atoms with E-state index in [2.05, 4.69) is 52.9 Å². The minimum absolute atomic E-state index is 0.0645. The van der Waals surface area contributed by atoms with Crippen molar-refractivity contribution < 1.29 is 9.53 Å². The molecule has 4 N–H and O–H groups in total. The number of halogens is 1. The summed E-state index contributed by atoms with van der Waals surface area (Å²) >= 11 is 3.53. The average Bonchev–Trinajstić information content (AvgIpc) is 3.56. The summed E-state index contributed by atoms with van der Waals surface area (Å²) < 4.78 is 6.08. The van der Waals surface area contributed by atoms with Gasteiger partial charge in [-0.05, 0) is 71.1 Å². The number of anilines is 4. The highest BCUT2D eigenvalue weighted by molar-refractivity contribution is 9.10. The molecule has 0 atom stereocenters. The van der Waals surface area contributed by atoms with Crippen molar-refractivity contribution >= 4 is 56.0 Å². The molecule has 9 nitrogen and oxygen atoms in total. The molecule has 0 unspecified atom stereocenters. The zero-order valence-electron chi connectivity index (χ0n) is 20.0. The molecule has 1 aliphatic rings. The van der Waals surface area contributed by atoms with Crippen molar-refractivity contribution in [2.45, 2.75) is 19.3 Å². The number of H-pyrrole nitrogens is 1. The van der Waals surface area contributed by atoms with Gasteiger partial charge in [0, 0.05) is 60.4 Å². The fourth-order valence-corrected chi connectivity index (χ4v) is 4.62.